The Morgan fingerprint density at radius 1 is 1.33 bits per heavy atom. The molecule has 1 aromatic heterocycles. The van der Waals surface area contributed by atoms with E-state index in [1.165, 1.54) is 18.7 Å². The van der Waals surface area contributed by atoms with Gasteiger partial charge >= 0.3 is 12.0 Å². The monoisotopic (exact) mass is 291 g/mol. The highest BCUT2D eigenvalue weighted by Gasteiger charge is 2.28. The third-order valence-corrected chi connectivity index (χ3v) is 4.28. The molecule has 0 bridgehead atoms. The molecule has 3 N–H and O–H groups in total. The van der Waals surface area contributed by atoms with E-state index < -0.39 is 5.97 Å². The molecule has 1 aliphatic carbocycles. The van der Waals surface area contributed by atoms with Crippen LogP contribution in [0.25, 0.3) is 0 Å². The van der Waals surface area contributed by atoms with Gasteiger partial charge in [-0.2, -0.15) is 0 Å². The average Bonchev–Trinajstić information content (AvgIpc) is 2.44. The van der Waals surface area contributed by atoms with Crippen LogP contribution in [0.1, 0.15) is 43.6 Å². The van der Waals surface area contributed by atoms with Gasteiger partial charge in [0, 0.05) is 12.2 Å². The number of hydrogen-bond acceptors (Lipinski definition) is 3. The standard InChI is InChI=1S/C15H21N3O3/c1-9-5-3-6-11(10(9)2)17-15(21)18-12-7-4-8-16-13(12)14(19)20/h4,7-11H,3,5-6H2,1-2H3,(H,19,20)(H2,17,18,21). The van der Waals surface area contributed by atoms with Crippen molar-refractivity contribution in [1.29, 1.82) is 0 Å². The normalized spacial score (nSPS) is 25.1. The van der Waals surface area contributed by atoms with Crippen molar-refractivity contribution in [3.63, 3.8) is 0 Å². The molecule has 0 spiro atoms. The number of carboxylic acids is 1. The number of aromatic nitrogens is 1. The minimum absolute atomic E-state index is 0.124. The molecule has 0 aromatic carbocycles. The van der Waals surface area contributed by atoms with Crippen molar-refractivity contribution in [1.82, 2.24) is 10.3 Å². The molecule has 6 nitrogen and oxygen atoms in total. The molecule has 6 heteroatoms. The van der Waals surface area contributed by atoms with Gasteiger partial charge < -0.3 is 15.7 Å². The Balaban J connectivity index is 2.00. The Morgan fingerprint density at radius 2 is 2.10 bits per heavy atom. The number of nitrogens with one attached hydrogen (secondary N) is 2. The fraction of sp³-hybridized carbons (Fsp3) is 0.533. The third-order valence-electron chi connectivity index (χ3n) is 4.28. The van der Waals surface area contributed by atoms with Crippen LogP contribution in [0.15, 0.2) is 18.3 Å². The summed E-state index contributed by atoms with van der Waals surface area (Å²) in [4.78, 5) is 26.9. The van der Waals surface area contributed by atoms with Crippen LogP contribution < -0.4 is 10.6 Å². The Hall–Kier alpha value is -2.11. The van der Waals surface area contributed by atoms with Crippen LogP contribution in [-0.4, -0.2) is 28.1 Å². The smallest absolute Gasteiger partial charge is 0.356 e. The van der Waals surface area contributed by atoms with Crippen LogP contribution in [0.5, 0.6) is 0 Å². The molecule has 0 aliphatic heterocycles. The fourth-order valence-electron chi connectivity index (χ4n) is 2.79. The van der Waals surface area contributed by atoms with E-state index in [1.54, 1.807) is 6.07 Å². The lowest BCUT2D eigenvalue weighted by atomic mass is 9.78. The van der Waals surface area contributed by atoms with Crippen molar-refractivity contribution in [2.75, 3.05) is 5.32 Å². The lowest BCUT2D eigenvalue weighted by molar-refractivity contribution is 0.0691. The number of carbonyl (C=O) groups excluding carboxylic acids is 1. The summed E-state index contributed by atoms with van der Waals surface area (Å²) in [6.45, 7) is 4.33. The van der Waals surface area contributed by atoms with E-state index in [9.17, 15) is 9.59 Å². The molecule has 3 atom stereocenters. The lowest BCUT2D eigenvalue weighted by Crippen LogP contribution is -2.45. The first-order chi connectivity index (χ1) is 9.99. The predicted molar refractivity (Wildman–Crippen MR) is 79.3 cm³/mol. The molecule has 1 aliphatic rings. The minimum atomic E-state index is -1.16. The van der Waals surface area contributed by atoms with Gasteiger partial charge in [-0.25, -0.2) is 14.6 Å². The molecule has 1 heterocycles. The van der Waals surface area contributed by atoms with Crippen LogP contribution in [0, 0.1) is 11.8 Å². The van der Waals surface area contributed by atoms with Crippen LogP contribution >= 0.6 is 0 Å². The molecular formula is C15H21N3O3. The maximum absolute atomic E-state index is 12.1. The van der Waals surface area contributed by atoms with Crippen LogP contribution in [0.3, 0.4) is 0 Å². The van der Waals surface area contributed by atoms with Gasteiger partial charge in [0.1, 0.15) is 0 Å². The van der Waals surface area contributed by atoms with Crippen LogP contribution in [0.4, 0.5) is 10.5 Å². The number of carbonyl (C=O) groups is 2. The first-order valence-electron chi connectivity index (χ1n) is 7.25. The van der Waals surface area contributed by atoms with Crippen molar-refractivity contribution in [2.45, 2.75) is 39.2 Å². The van der Waals surface area contributed by atoms with Gasteiger partial charge in [0.2, 0.25) is 0 Å². The number of hydrogen-bond donors (Lipinski definition) is 3. The SMILES string of the molecule is CC1CCCC(NC(=O)Nc2cccnc2C(=O)O)C1C. The van der Waals surface area contributed by atoms with Gasteiger partial charge in [0.05, 0.1) is 5.69 Å². The number of nitrogens with zero attached hydrogens (tertiary/aromatic N) is 1. The van der Waals surface area contributed by atoms with E-state index in [0.717, 1.165) is 12.8 Å². The largest absolute Gasteiger partial charge is 0.476 e. The second-order valence-electron chi connectivity index (χ2n) is 5.68. The Bertz CT molecular complexity index is 533. The summed E-state index contributed by atoms with van der Waals surface area (Å²) in [5.41, 5.74) is 0.0525. The van der Waals surface area contributed by atoms with E-state index >= 15 is 0 Å². The predicted octanol–water partition coefficient (Wildman–Crippen LogP) is 2.73. The number of aromatic carboxylic acids is 1. The van der Waals surface area contributed by atoms with Gasteiger partial charge in [0.15, 0.2) is 5.69 Å². The summed E-state index contributed by atoms with van der Waals surface area (Å²) in [6.07, 6.45) is 4.63. The molecule has 0 saturated heterocycles. The number of urea groups is 1. The summed E-state index contributed by atoms with van der Waals surface area (Å²) >= 11 is 0. The summed E-state index contributed by atoms with van der Waals surface area (Å²) in [7, 11) is 0. The second-order valence-corrected chi connectivity index (χ2v) is 5.68. The summed E-state index contributed by atoms with van der Waals surface area (Å²) in [5, 5.41) is 14.6. The van der Waals surface area contributed by atoms with E-state index in [0.29, 0.717) is 11.8 Å². The Labute approximate surface area is 124 Å². The molecule has 21 heavy (non-hydrogen) atoms. The maximum Gasteiger partial charge on any atom is 0.356 e. The van der Waals surface area contributed by atoms with Crippen molar-refractivity contribution >= 4 is 17.7 Å². The highest BCUT2D eigenvalue weighted by atomic mass is 16.4. The first-order valence-corrected chi connectivity index (χ1v) is 7.25. The number of anilines is 1. The molecule has 1 fully saturated rings. The van der Waals surface area contributed by atoms with Crippen LogP contribution in [-0.2, 0) is 0 Å². The number of pyridine rings is 1. The Morgan fingerprint density at radius 3 is 2.81 bits per heavy atom. The highest BCUT2D eigenvalue weighted by Crippen LogP contribution is 2.29. The average molecular weight is 291 g/mol. The summed E-state index contributed by atoms with van der Waals surface area (Å²) < 4.78 is 0. The van der Waals surface area contributed by atoms with Gasteiger partial charge in [-0.05, 0) is 30.4 Å². The third kappa shape index (κ3) is 3.71. The number of amides is 2. The highest BCUT2D eigenvalue weighted by molar-refractivity contribution is 5.98. The van der Waals surface area contributed by atoms with Crippen molar-refractivity contribution in [3.05, 3.63) is 24.0 Å². The molecule has 0 radical (unpaired) electrons. The zero-order valence-electron chi connectivity index (χ0n) is 12.3. The second kappa shape index (κ2) is 6.56. The van der Waals surface area contributed by atoms with E-state index in [4.69, 9.17) is 5.11 Å². The molecule has 2 rings (SSSR count). The minimum Gasteiger partial charge on any atom is -0.476 e. The molecule has 114 valence electrons. The number of carboxylic acid groups (broad SMARTS) is 1. The zero-order chi connectivity index (χ0) is 15.4. The maximum atomic E-state index is 12.1. The topological polar surface area (TPSA) is 91.3 Å². The van der Waals surface area contributed by atoms with E-state index in [-0.39, 0.29) is 23.5 Å². The van der Waals surface area contributed by atoms with Crippen molar-refractivity contribution < 1.29 is 14.7 Å². The van der Waals surface area contributed by atoms with Crippen molar-refractivity contribution in [2.24, 2.45) is 11.8 Å². The molecule has 2 amide bonds. The Kier molecular flexibility index (Phi) is 4.77. The molecule has 3 unspecified atom stereocenters. The fourth-order valence-corrected chi connectivity index (χ4v) is 2.79. The van der Waals surface area contributed by atoms with Gasteiger partial charge in [-0.3, -0.25) is 0 Å². The zero-order valence-corrected chi connectivity index (χ0v) is 12.3. The molecule has 1 aromatic rings. The number of rotatable bonds is 3. The van der Waals surface area contributed by atoms with E-state index in [1.807, 2.05) is 0 Å². The van der Waals surface area contributed by atoms with E-state index in [2.05, 4.69) is 29.5 Å². The molecule has 1 saturated carbocycles. The van der Waals surface area contributed by atoms with Gasteiger partial charge in [-0.1, -0.05) is 26.7 Å². The quantitative estimate of drug-likeness (QED) is 0.798. The summed E-state index contributed by atoms with van der Waals surface area (Å²) in [5.74, 6) is -0.167. The molecular weight excluding hydrogens is 270 g/mol. The lowest BCUT2D eigenvalue weighted by Gasteiger charge is -2.34. The summed E-state index contributed by atoms with van der Waals surface area (Å²) in [6, 6.07) is 2.87. The van der Waals surface area contributed by atoms with Gasteiger partial charge in [0.25, 0.3) is 0 Å². The van der Waals surface area contributed by atoms with Crippen molar-refractivity contribution in [3.8, 4) is 0 Å². The van der Waals surface area contributed by atoms with Gasteiger partial charge in [-0.15, -0.1) is 0 Å². The van der Waals surface area contributed by atoms with Crippen LogP contribution in [0.2, 0.25) is 0 Å². The first kappa shape index (κ1) is 15.3.